The Morgan fingerprint density at radius 2 is 1.79 bits per heavy atom. The third kappa shape index (κ3) is 2.61. The Kier molecular flexibility index (Phi) is 4.15. The fraction of sp³-hybridized carbons (Fsp3) is 0.400. The number of nitrogens with zero attached hydrogens (tertiary/aromatic N) is 2. The summed E-state index contributed by atoms with van der Waals surface area (Å²) in [4.78, 5) is 0. The summed E-state index contributed by atoms with van der Waals surface area (Å²) in [6.45, 7) is 4.37. The second-order valence-corrected chi connectivity index (χ2v) is 5.23. The molecule has 0 radical (unpaired) electrons. The lowest BCUT2D eigenvalue weighted by molar-refractivity contribution is 0.606. The van der Waals surface area contributed by atoms with Gasteiger partial charge in [-0.25, -0.2) is 0 Å². The fourth-order valence-electron chi connectivity index (χ4n) is 2.43. The van der Waals surface area contributed by atoms with E-state index in [0.717, 1.165) is 34.7 Å². The summed E-state index contributed by atoms with van der Waals surface area (Å²) in [7, 11) is 1.89. The number of aryl methyl sites for hydroxylation is 1. The summed E-state index contributed by atoms with van der Waals surface area (Å²) in [5, 5.41) is 5.34. The molecule has 102 valence electrons. The first-order chi connectivity index (χ1) is 9.08. The average Bonchev–Trinajstić information content (AvgIpc) is 2.69. The highest BCUT2D eigenvalue weighted by Gasteiger charge is 2.21. The number of hydrogen-bond acceptors (Lipinski definition) is 2. The molecule has 1 heterocycles. The lowest BCUT2D eigenvalue weighted by Crippen LogP contribution is -1.99. The van der Waals surface area contributed by atoms with Crippen LogP contribution in [-0.4, -0.2) is 9.78 Å². The molecule has 0 amide bonds. The normalized spacial score (nSPS) is 11.2. The number of nitrogens with two attached hydrogens (primary N) is 1. The zero-order valence-corrected chi connectivity index (χ0v) is 12.4. The Morgan fingerprint density at radius 3 is 2.32 bits per heavy atom. The van der Waals surface area contributed by atoms with E-state index in [2.05, 4.69) is 18.9 Å². The number of benzene rings is 1. The first-order valence-electron chi connectivity index (χ1n) is 6.66. The van der Waals surface area contributed by atoms with E-state index in [1.54, 1.807) is 4.68 Å². The van der Waals surface area contributed by atoms with Crippen molar-refractivity contribution in [1.82, 2.24) is 9.78 Å². The molecule has 1 aromatic heterocycles. The van der Waals surface area contributed by atoms with Gasteiger partial charge in [0.15, 0.2) is 0 Å². The Morgan fingerprint density at radius 1 is 1.21 bits per heavy atom. The van der Waals surface area contributed by atoms with Crippen molar-refractivity contribution < 1.29 is 0 Å². The lowest BCUT2D eigenvalue weighted by atomic mass is 9.93. The SMILES string of the molecule is CCC(CC)c1nn(C)c(N)c1-c1ccc(Cl)cc1. The smallest absolute Gasteiger partial charge is 0.129 e. The van der Waals surface area contributed by atoms with Crippen LogP contribution < -0.4 is 5.73 Å². The van der Waals surface area contributed by atoms with Crippen LogP contribution in [0, 0.1) is 0 Å². The molecule has 0 bridgehead atoms. The molecule has 1 aromatic carbocycles. The van der Waals surface area contributed by atoms with E-state index in [0.29, 0.717) is 11.7 Å². The maximum atomic E-state index is 6.19. The van der Waals surface area contributed by atoms with Crippen molar-refractivity contribution in [3.05, 3.63) is 35.0 Å². The molecular weight excluding hydrogens is 258 g/mol. The van der Waals surface area contributed by atoms with Gasteiger partial charge in [0, 0.05) is 23.6 Å². The van der Waals surface area contributed by atoms with Crippen LogP contribution in [0.5, 0.6) is 0 Å². The van der Waals surface area contributed by atoms with Crippen LogP contribution in [0.25, 0.3) is 11.1 Å². The zero-order valence-electron chi connectivity index (χ0n) is 11.7. The lowest BCUT2D eigenvalue weighted by Gasteiger charge is -2.12. The molecule has 3 nitrogen and oxygen atoms in total. The minimum atomic E-state index is 0.439. The Balaban J connectivity index is 2.57. The highest BCUT2D eigenvalue weighted by molar-refractivity contribution is 6.30. The predicted molar refractivity (Wildman–Crippen MR) is 81.4 cm³/mol. The van der Waals surface area contributed by atoms with Crippen molar-refractivity contribution in [2.24, 2.45) is 7.05 Å². The first kappa shape index (κ1) is 13.9. The van der Waals surface area contributed by atoms with Gasteiger partial charge < -0.3 is 5.73 Å². The van der Waals surface area contributed by atoms with Crippen LogP contribution in [0.3, 0.4) is 0 Å². The molecule has 0 aliphatic heterocycles. The molecule has 0 aliphatic rings. The number of nitrogen functional groups attached to an aromatic ring is 1. The maximum Gasteiger partial charge on any atom is 0.129 e. The van der Waals surface area contributed by atoms with E-state index in [-0.39, 0.29) is 0 Å². The monoisotopic (exact) mass is 277 g/mol. The van der Waals surface area contributed by atoms with Gasteiger partial charge in [-0.3, -0.25) is 4.68 Å². The third-order valence-electron chi connectivity index (χ3n) is 3.62. The molecule has 0 fully saturated rings. The minimum absolute atomic E-state index is 0.439. The number of aromatic nitrogens is 2. The van der Waals surface area contributed by atoms with Gasteiger partial charge >= 0.3 is 0 Å². The summed E-state index contributed by atoms with van der Waals surface area (Å²) >= 11 is 5.95. The number of anilines is 1. The van der Waals surface area contributed by atoms with Crippen LogP contribution in [0.2, 0.25) is 5.02 Å². The molecule has 2 aromatic rings. The first-order valence-corrected chi connectivity index (χ1v) is 7.04. The van der Waals surface area contributed by atoms with Crippen LogP contribution in [0.4, 0.5) is 5.82 Å². The van der Waals surface area contributed by atoms with Gasteiger partial charge in [-0.05, 0) is 30.5 Å². The number of halogens is 1. The molecule has 2 N–H and O–H groups in total. The van der Waals surface area contributed by atoms with Gasteiger partial charge in [0.2, 0.25) is 0 Å². The second kappa shape index (κ2) is 5.66. The van der Waals surface area contributed by atoms with Crippen molar-refractivity contribution in [2.75, 3.05) is 5.73 Å². The van der Waals surface area contributed by atoms with Crippen molar-refractivity contribution in [3.63, 3.8) is 0 Å². The van der Waals surface area contributed by atoms with Crippen LogP contribution in [0.15, 0.2) is 24.3 Å². The molecule has 0 unspecified atom stereocenters. The minimum Gasteiger partial charge on any atom is -0.383 e. The molecule has 0 saturated carbocycles. The van der Waals surface area contributed by atoms with E-state index in [4.69, 9.17) is 17.3 Å². The summed E-state index contributed by atoms with van der Waals surface area (Å²) in [6, 6.07) is 7.78. The van der Waals surface area contributed by atoms with E-state index in [1.807, 2.05) is 31.3 Å². The Bertz CT molecular complexity index is 554. The van der Waals surface area contributed by atoms with Gasteiger partial charge in [-0.1, -0.05) is 37.6 Å². The highest BCUT2D eigenvalue weighted by atomic mass is 35.5. The predicted octanol–water partition coefficient (Wildman–Crippen LogP) is 4.23. The van der Waals surface area contributed by atoms with E-state index in [1.165, 1.54) is 0 Å². The van der Waals surface area contributed by atoms with Gasteiger partial charge in [0.1, 0.15) is 5.82 Å². The van der Waals surface area contributed by atoms with Crippen LogP contribution >= 0.6 is 11.6 Å². The van der Waals surface area contributed by atoms with E-state index < -0.39 is 0 Å². The van der Waals surface area contributed by atoms with Crippen molar-refractivity contribution >= 4 is 17.4 Å². The summed E-state index contributed by atoms with van der Waals surface area (Å²) < 4.78 is 1.76. The van der Waals surface area contributed by atoms with Crippen molar-refractivity contribution in [1.29, 1.82) is 0 Å². The summed E-state index contributed by atoms with van der Waals surface area (Å²) in [5.74, 6) is 1.15. The standard InChI is InChI=1S/C15H20ClN3/c1-4-10(5-2)14-13(15(17)19(3)18-14)11-6-8-12(16)9-7-11/h6-10H,4-5,17H2,1-3H3. The third-order valence-corrected chi connectivity index (χ3v) is 3.88. The largest absolute Gasteiger partial charge is 0.383 e. The Hall–Kier alpha value is -1.48. The van der Waals surface area contributed by atoms with Gasteiger partial charge in [-0.15, -0.1) is 0 Å². The van der Waals surface area contributed by atoms with Gasteiger partial charge in [-0.2, -0.15) is 5.10 Å². The van der Waals surface area contributed by atoms with Crippen molar-refractivity contribution in [3.8, 4) is 11.1 Å². The van der Waals surface area contributed by atoms with E-state index >= 15 is 0 Å². The van der Waals surface area contributed by atoms with Gasteiger partial charge in [0.25, 0.3) is 0 Å². The molecule has 19 heavy (non-hydrogen) atoms. The molecule has 4 heteroatoms. The highest BCUT2D eigenvalue weighted by Crippen LogP contribution is 2.36. The number of rotatable bonds is 4. The molecule has 0 saturated heterocycles. The van der Waals surface area contributed by atoms with Gasteiger partial charge in [0.05, 0.1) is 5.69 Å². The summed E-state index contributed by atoms with van der Waals surface area (Å²) in [6.07, 6.45) is 2.13. The zero-order chi connectivity index (χ0) is 14.0. The molecule has 0 spiro atoms. The molecule has 2 rings (SSSR count). The average molecular weight is 278 g/mol. The summed E-state index contributed by atoms with van der Waals surface area (Å²) in [5.41, 5.74) is 9.41. The van der Waals surface area contributed by atoms with Crippen LogP contribution in [0.1, 0.15) is 38.3 Å². The second-order valence-electron chi connectivity index (χ2n) is 4.79. The topological polar surface area (TPSA) is 43.8 Å². The molecule has 0 aliphatic carbocycles. The molecular formula is C15H20ClN3. The fourth-order valence-corrected chi connectivity index (χ4v) is 2.56. The van der Waals surface area contributed by atoms with E-state index in [9.17, 15) is 0 Å². The Labute approximate surface area is 119 Å². The maximum absolute atomic E-state index is 6.19. The molecule has 0 atom stereocenters. The quantitative estimate of drug-likeness (QED) is 0.909. The number of hydrogen-bond donors (Lipinski definition) is 1. The van der Waals surface area contributed by atoms with Crippen LogP contribution in [-0.2, 0) is 7.05 Å². The van der Waals surface area contributed by atoms with Crippen molar-refractivity contribution in [2.45, 2.75) is 32.6 Å².